The van der Waals surface area contributed by atoms with E-state index in [1.165, 1.54) is 17.3 Å². The number of nitrogens with zero attached hydrogens (tertiary/aromatic N) is 7. The molecule has 0 spiro atoms. The van der Waals surface area contributed by atoms with Crippen molar-refractivity contribution in [3.63, 3.8) is 0 Å². The summed E-state index contributed by atoms with van der Waals surface area (Å²) in [7, 11) is 0. The second kappa shape index (κ2) is 9.25. The molecule has 0 unspecified atom stereocenters. The average Bonchev–Trinajstić information content (AvgIpc) is 3.52. The summed E-state index contributed by atoms with van der Waals surface area (Å²) in [5.41, 5.74) is 2.29. The molecule has 3 aromatic heterocycles. The lowest BCUT2D eigenvalue weighted by Crippen LogP contribution is -2.49. The third kappa shape index (κ3) is 4.07. The minimum absolute atomic E-state index is 0.122. The molecular formula is C22H23N7OS2. The number of fused-ring (bicyclic) bond motifs is 1. The molecule has 4 aromatic rings. The fourth-order valence-corrected chi connectivity index (χ4v) is 5.50. The number of carbonyl (C=O) groups is 1. The van der Waals surface area contributed by atoms with Gasteiger partial charge < -0.3 is 9.80 Å². The van der Waals surface area contributed by atoms with Crippen molar-refractivity contribution in [3.8, 4) is 5.69 Å². The molecule has 0 radical (unpaired) electrons. The summed E-state index contributed by atoms with van der Waals surface area (Å²) in [5, 5.41) is 12.2. The Morgan fingerprint density at radius 1 is 1.12 bits per heavy atom. The van der Waals surface area contributed by atoms with Crippen LogP contribution in [0.25, 0.3) is 15.9 Å². The summed E-state index contributed by atoms with van der Waals surface area (Å²) in [6, 6.07) is 10.3. The maximum absolute atomic E-state index is 12.9. The first-order valence-electron chi connectivity index (χ1n) is 10.6. The molecule has 1 aliphatic heterocycles. The number of aryl methyl sites for hydroxylation is 1. The average molecular weight is 466 g/mol. The van der Waals surface area contributed by atoms with Crippen molar-refractivity contribution < 1.29 is 4.79 Å². The highest BCUT2D eigenvalue weighted by Gasteiger charge is 2.24. The van der Waals surface area contributed by atoms with Crippen LogP contribution in [0.2, 0.25) is 0 Å². The molecule has 1 saturated heterocycles. The molecule has 1 aliphatic rings. The molecule has 32 heavy (non-hydrogen) atoms. The Balaban J connectivity index is 1.21. The van der Waals surface area contributed by atoms with Gasteiger partial charge in [0.05, 0.1) is 16.8 Å². The van der Waals surface area contributed by atoms with E-state index in [9.17, 15) is 4.79 Å². The first-order chi connectivity index (χ1) is 15.7. The molecule has 1 amide bonds. The van der Waals surface area contributed by atoms with Gasteiger partial charge >= 0.3 is 0 Å². The van der Waals surface area contributed by atoms with Crippen LogP contribution in [-0.4, -0.2) is 67.5 Å². The predicted molar refractivity (Wildman–Crippen MR) is 128 cm³/mol. The van der Waals surface area contributed by atoms with Gasteiger partial charge in [0.1, 0.15) is 23.3 Å². The Bertz CT molecular complexity index is 1230. The Morgan fingerprint density at radius 2 is 1.97 bits per heavy atom. The van der Waals surface area contributed by atoms with Crippen LogP contribution in [0.3, 0.4) is 0 Å². The maximum atomic E-state index is 12.9. The highest BCUT2D eigenvalue weighted by molar-refractivity contribution is 7.99. The number of piperazine rings is 1. The Kier molecular flexibility index (Phi) is 6.04. The second-order valence-corrected chi connectivity index (χ2v) is 9.30. The van der Waals surface area contributed by atoms with Gasteiger partial charge in [0.25, 0.3) is 0 Å². The van der Waals surface area contributed by atoms with Gasteiger partial charge in [-0.25, -0.2) is 9.97 Å². The molecule has 164 valence electrons. The van der Waals surface area contributed by atoms with Crippen molar-refractivity contribution in [3.05, 3.63) is 53.9 Å². The largest absolute Gasteiger partial charge is 0.352 e. The lowest BCUT2D eigenvalue weighted by molar-refractivity contribution is -0.128. The van der Waals surface area contributed by atoms with Gasteiger partial charge in [-0.3, -0.25) is 9.36 Å². The fourth-order valence-electron chi connectivity index (χ4n) is 3.95. The van der Waals surface area contributed by atoms with Crippen molar-refractivity contribution in [1.29, 1.82) is 0 Å². The topological polar surface area (TPSA) is 80.0 Å². The zero-order valence-electron chi connectivity index (χ0n) is 17.7. The number of thiophene rings is 1. The molecule has 4 heterocycles. The van der Waals surface area contributed by atoms with E-state index in [-0.39, 0.29) is 5.91 Å². The van der Waals surface area contributed by atoms with Gasteiger partial charge in [0, 0.05) is 26.2 Å². The zero-order chi connectivity index (χ0) is 21.9. The van der Waals surface area contributed by atoms with Crippen molar-refractivity contribution in [2.24, 2.45) is 0 Å². The lowest BCUT2D eigenvalue weighted by atomic mass is 10.1. The third-order valence-corrected chi connectivity index (χ3v) is 7.39. The molecule has 0 saturated carbocycles. The highest BCUT2D eigenvalue weighted by atomic mass is 32.2. The first-order valence-corrected chi connectivity index (χ1v) is 12.4. The third-order valence-electron chi connectivity index (χ3n) is 5.65. The van der Waals surface area contributed by atoms with E-state index in [4.69, 9.17) is 0 Å². The van der Waals surface area contributed by atoms with Crippen LogP contribution in [0.4, 0.5) is 5.82 Å². The number of carbonyl (C=O) groups excluding carboxylic acids is 1. The monoisotopic (exact) mass is 465 g/mol. The quantitative estimate of drug-likeness (QED) is 0.404. The zero-order valence-corrected chi connectivity index (χ0v) is 19.3. The molecule has 8 nitrogen and oxygen atoms in total. The van der Waals surface area contributed by atoms with E-state index < -0.39 is 0 Å². The van der Waals surface area contributed by atoms with E-state index >= 15 is 0 Å². The summed E-state index contributed by atoms with van der Waals surface area (Å²) >= 11 is 3.05. The minimum Gasteiger partial charge on any atom is -0.352 e. The Labute approximate surface area is 194 Å². The van der Waals surface area contributed by atoms with Gasteiger partial charge in [-0.05, 0) is 29.5 Å². The van der Waals surface area contributed by atoms with Gasteiger partial charge in [-0.2, -0.15) is 0 Å². The Hall–Kier alpha value is -2.98. The van der Waals surface area contributed by atoms with Crippen molar-refractivity contribution in [2.45, 2.75) is 18.5 Å². The summed E-state index contributed by atoms with van der Waals surface area (Å²) in [6.07, 6.45) is 4.26. The maximum Gasteiger partial charge on any atom is 0.233 e. The number of anilines is 1. The molecule has 0 atom stereocenters. The summed E-state index contributed by atoms with van der Waals surface area (Å²) < 4.78 is 1.97. The normalized spacial score (nSPS) is 14.3. The summed E-state index contributed by atoms with van der Waals surface area (Å²) in [4.78, 5) is 26.9. The molecule has 0 bridgehead atoms. The lowest BCUT2D eigenvalue weighted by Gasteiger charge is -2.35. The molecule has 10 heteroatoms. The Morgan fingerprint density at radius 3 is 2.81 bits per heavy atom. The van der Waals surface area contributed by atoms with Gasteiger partial charge in [0.15, 0.2) is 5.16 Å². The second-order valence-electron chi connectivity index (χ2n) is 7.46. The van der Waals surface area contributed by atoms with Gasteiger partial charge in [-0.1, -0.05) is 36.9 Å². The molecule has 0 aliphatic carbocycles. The molecule has 5 rings (SSSR count). The van der Waals surface area contributed by atoms with Crippen LogP contribution in [0.1, 0.15) is 12.5 Å². The number of amides is 1. The number of hydrogen-bond donors (Lipinski definition) is 0. The van der Waals surface area contributed by atoms with E-state index in [1.54, 1.807) is 24.0 Å². The van der Waals surface area contributed by atoms with Crippen LogP contribution >= 0.6 is 23.1 Å². The molecule has 1 aromatic carbocycles. The standard InChI is InChI=1S/C22H23N7OS2/c1-2-16-5-3-4-6-18(16)29-15-25-26-22(29)32-13-19(30)27-8-10-28(11-9-27)20-17-7-12-31-21(17)24-14-23-20/h3-7,12,14-15H,2,8-11,13H2,1H3. The van der Waals surface area contributed by atoms with Crippen LogP contribution in [0.5, 0.6) is 0 Å². The summed E-state index contributed by atoms with van der Waals surface area (Å²) in [6.45, 7) is 5.02. The van der Waals surface area contributed by atoms with E-state index in [2.05, 4.69) is 50.2 Å². The molecule has 1 fully saturated rings. The predicted octanol–water partition coefficient (Wildman–Crippen LogP) is 3.28. The molecule has 0 N–H and O–H groups in total. The van der Waals surface area contributed by atoms with Gasteiger partial charge in [0.2, 0.25) is 5.91 Å². The van der Waals surface area contributed by atoms with E-state index in [1.807, 2.05) is 27.0 Å². The van der Waals surface area contributed by atoms with Crippen molar-refractivity contribution >= 4 is 45.0 Å². The van der Waals surface area contributed by atoms with E-state index in [0.29, 0.717) is 18.8 Å². The molecular weight excluding hydrogens is 442 g/mol. The van der Waals surface area contributed by atoms with Crippen LogP contribution < -0.4 is 4.90 Å². The van der Waals surface area contributed by atoms with Crippen LogP contribution in [0.15, 0.2) is 53.5 Å². The number of rotatable bonds is 6. The number of para-hydroxylation sites is 1. The number of thioether (sulfide) groups is 1. The smallest absolute Gasteiger partial charge is 0.233 e. The van der Waals surface area contributed by atoms with Crippen molar-refractivity contribution in [2.75, 3.05) is 36.8 Å². The SMILES string of the molecule is CCc1ccccc1-n1cnnc1SCC(=O)N1CCN(c2ncnc3sccc23)CC1. The fraction of sp³-hybridized carbons (Fsp3) is 0.318. The number of aromatic nitrogens is 5. The van der Waals surface area contributed by atoms with E-state index in [0.717, 1.165) is 46.4 Å². The van der Waals surface area contributed by atoms with Crippen molar-refractivity contribution in [1.82, 2.24) is 29.6 Å². The first kappa shape index (κ1) is 20.9. The van der Waals surface area contributed by atoms with Gasteiger partial charge in [-0.15, -0.1) is 21.5 Å². The highest BCUT2D eigenvalue weighted by Crippen LogP contribution is 2.28. The minimum atomic E-state index is 0.122. The van der Waals surface area contributed by atoms with Crippen LogP contribution in [0, 0.1) is 0 Å². The number of benzene rings is 1. The number of hydrogen-bond acceptors (Lipinski definition) is 8. The van der Waals surface area contributed by atoms with Crippen LogP contribution in [-0.2, 0) is 11.2 Å². The summed E-state index contributed by atoms with van der Waals surface area (Å²) in [5.74, 6) is 1.42.